The molecule has 1 aliphatic rings. The molecule has 0 saturated heterocycles. The number of fused-ring (bicyclic) bond motifs is 1. The molecule has 0 radical (unpaired) electrons. The normalized spacial score (nSPS) is 14.6. The average Bonchev–Trinajstić information content (AvgIpc) is 2.78. The van der Waals surface area contributed by atoms with Crippen LogP contribution in [0.1, 0.15) is 38.3 Å². The summed E-state index contributed by atoms with van der Waals surface area (Å²) in [4.78, 5) is 0.366. The van der Waals surface area contributed by atoms with E-state index >= 15 is 0 Å². The Hall–Kier alpha value is -2.84. The molecule has 1 aliphatic heterocycles. The first-order valence-corrected chi connectivity index (χ1v) is 13.7. The van der Waals surface area contributed by atoms with Crippen molar-refractivity contribution >= 4 is 31.4 Å². The van der Waals surface area contributed by atoms with Crippen molar-refractivity contribution in [2.24, 2.45) is 0 Å². The lowest BCUT2D eigenvalue weighted by Gasteiger charge is -2.31. The van der Waals surface area contributed by atoms with E-state index in [2.05, 4.69) is 25.5 Å². The second-order valence-corrected chi connectivity index (χ2v) is 12.8. The third-order valence-corrected chi connectivity index (χ3v) is 9.00. The van der Waals surface area contributed by atoms with Crippen LogP contribution < -0.4 is 9.03 Å². The van der Waals surface area contributed by atoms with E-state index in [9.17, 15) is 16.8 Å². The molecule has 0 unspecified atom stereocenters. The highest BCUT2D eigenvalue weighted by molar-refractivity contribution is 7.93. The molecule has 174 valence electrons. The minimum absolute atomic E-state index is 0.0814. The van der Waals surface area contributed by atoms with Gasteiger partial charge in [-0.2, -0.15) is 0 Å². The van der Waals surface area contributed by atoms with Crippen LogP contribution in [0.2, 0.25) is 0 Å². The molecule has 0 spiro atoms. The molecule has 6 nitrogen and oxygen atoms in total. The molecular weight excluding hydrogens is 456 g/mol. The average molecular weight is 485 g/mol. The Kier molecular flexibility index (Phi) is 6.01. The fraction of sp³-hybridized carbons (Fsp3) is 0.280. The molecular formula is C25H28N2O4S2. The molecule has 0 atom stereocenters. The van der Waals surface area contributed by atoms with Gasteiger partial charge in [0.15, 0.2) is 0 Å². The summed E-state index contributed by atoms with van der Waals surface area (Å²) >= 11 is 0. The molecule has 0 bridgehead atoms. The highest BCUT2D eigenvalue weighted by atomic mass is 32.2. The highest BCUT2D eigenvalue weighted by Crippen LogP contribution is 2.35. The Balaban J connectivity index is 1.66. The first-order valence-electron chi connectivity index (χ1n) is 10.8. The fourth-order valence-electron chi connectivity index (χ4n) is 3.92. The predicted octanol–water partition coefficient (Wildman–Crippen LogP) is 4.93. The lowest BCUT2D eigenvalue weighted by molar-refractivity contribution is 0.586. The number of nitrogens with zero attached hydrogens (tertiary/aromatic N) is 1. The zero-order chi connectivity index (χ0) is 23.9. The summed E-state index contributed by atoms with van der Waals surface area (Å²) in [7, 11) is -7.58. The lowest BCUT2D eigenvalue weighted by atomic mass is 9.87. The topological polar surface area (TPSA) is 83.6 Å². The van der Waals surface area contributed by atoms with Crippen LogP contribution in [0.15, 0.2) is 82.6 Å². The maximum Gasteiger partial charge on any atom is 0.264 e. The van der Waals surface area contributed by atoms with Gasteiger partial charge in [-0.3, -0.25) is 9.03 Å². The summed E-state index contributed by atoms with van der Waals surface area (Å²) in [6, 6.07) is 20.2. The molecule has 3 aromatic carbocycles. The molecule has 8 heteroatoms. The van der Waals surface area contributed by atoms with Crippen LogP contribution in [0.4, 0.5) is 11.4 Å². The number of nitrogens with one attached hydrogen (secondary N) is 1. The van der Waals surface area contributed by atoms with E-state index in [-0.39, 0.29) is 15.2 Å². The van der Waals surface area contributed by atoms with Crippen molar-refractivity contribution in [3.63, 3.8) is 0 Å². The number of rotatable bonds is 5. The summed E-state index contributed by atoms with van der Waals surface area (Å²) in [5.74, 6) is 0. The van der Waals surface area contributed by atoms with Gasteiger partial charge in [0.25, 0.3) is 20.0 Å². The van der Waals surface area contributed by atoms with Crippen molar-refractivity contribution in [1.82, 2.24) is 0 Å². The molecule has 33 heavy (non-hydrogen) atoms. The van der Waals surface area contributed by atoms with Crippen LogP contribution in [-0.2, 0) is 31.9 Å². The van der Waals surface area contributed by atoms with Crippen LogP contribution in [0.5, 0.6) is 0 Å². The zero-order valence-electron chi connectivity index (χ0n) is 18.9. The quantitative estimate of drug-likeness (QED) is 0.557. The third-order valence-electron chi connectivity index (χ3n) is 5.78. The minimum Gasteiger partial charge on any atom is -0.280 e. The number of benzene rings is 3. The molecule has 0 aromatic heterocycles. The Bertz CT molecular complexity index is 1360. The number of hydrogen-bond donors (Lipinski definition) is 1. The van der Waals surface area contributed by atoms with Gasteiger partial charge < -0.3 is 0 Å². The Morgan fingerprint density at radius 2 is 1.48 bits per heavy atom. The van der Waals surface area contributed by atoms with E-state index in [1.807, 2.05) is 12.1 Å². The molecule has 0 aliphatic carbocycles. The number of anilines is 2. The van der Waals surface area contributed by atoms with Gasteiger partial charge in [-0.15, -0.1) is 0 Å². The van der Waals surface area contributed by atoms with Gasteiger partial charge in [-0.05, 0) is 65.8 Å². The smallest absolute Gasteiger partial charge is 0.264 e. The van der Waals surface area contributed by atoms with Crippen molar-refractivity contribution in [2.45, 2.75) is 48.8 Å². The summed E-state index contributed by atoms with van der Waals surface area (Å²) < 4.78 is 56.5. The SMILES string of the molecule is CC(C)(C)c1ccc(S(=O)(=O)Nc2ccc3c(c2)N(S(=O)(=O)c2ccccc2)CCC3)cc1. The van der Waals surface area contributed by atoms with Crippen LogP contribution in [0.3, 0.4) is 0 Å². The molecule has 1 N–H and O–H groups in total. The van der Waals surface area contributed by atoms with Crippen molar-refractivity contribution < 1.29 is 16.8 Å². The Morgan fingerprint density at radius 3 is 2.12 bits per heavy atom. The van der Waals surface area contributed by atoms with Gasteiger partial charge in [-0.25, -0.2) is 16.8 Å². The maximum atomic E-state index is 13.3. The monoisotopic (exact) mass is 484 g/mol. The summed E-state index contributed by atoms with van der Waals surface area (Å²) in [6.45, 7) is 6.54. The number of hydrogen-bond acceptors (Lipinski definition) is 4. The van der Waals surface area contributed by atoms with E-state index in [1.165, 1.54) is 4.31 Å². The van der Waals surface area contributed by atoms with E-state index in [4.69, 9.17) is 0 Å². The van der Waals surface area contributed by atoms with Gasteiger partial charge in [0.05, 0.1) is 21.2 Å². The first-order chi connectivity index (χ1) is 15.5. The maximum absolute atomic E-state index is 13.3. The Labute approximate surface area is 196 Å². The van der Waals surface area contributed by atoms with Gasteiger partial charge in [0.2, 0.25) is 0 Å². The Morgan fingerprint density at radius 1 is 0.818 bits per heavy atom. The molecule has 0 saturated carbocycles. The molecule has 0 fully saturated rings. The fourth-order valence-corrected chi connectivity index (χ4v) is 6.53. The summed E-state index contributed by atoms with van der Waals surface area (Å²) in [5, 5.41) is 0. The lowest BCUT2D eigenvalue weighted by Crippen LogP contribution is -2.35. The van der Waals surface area contributed by atoms with Crippen LogP contribution in [0.25, 0.3) is 0 Å². The second kappa shape index (κ2) is 8.50. The van der Waals surface area contributed by atoms with Crippen molar-refractivity contribution in [1.29, 1.82) is 0 Å². The zero-order valence-corrected chi connectivity index (χ0v) is 20.6. The minimum atomic E-state index is -3.83. The number of sulfonamides is 2. The largest absolute Gasteiger partial charge is 0.280 e. The van der Waals surface area contributed by atoms with Crippen molar-refractivity contribution in [3.8, 4) is 0 Å². The van der Waals surface area contributed by atoms with E-state index in [0.29, 0.717) is 24.3 Å². The van der Waals surface area contributed by atoms with Crippen LogP contribution >= 0.6 is 0 Å². The van der Waals surface area contributed by atoms with E-state index in [0.717, 1.165) is 17.5 Å². The van der Waals surface area contributed by atoms with Gasteiger partial charge in [0, 0.05) is 6.54 Å². The highest BCUT2D eigenvalue weighted by Gasteiger charge is 2.29. The number of aryl methyl sites for hydroxylation is 1. The summed E-state index contributed by atoms with van der Waals surface area (Å²) in [6.07, 6.45) is 1.43. The summed E-state index contributed by atoms with van der Waals surface area (Å²) in [5.41, 5.74) is 2.66. The third kappa shape index (κ3) is 4.77. The van der Waals surface area contributed by atoms with Gasteiger partial charge in [-0.1, -0.05) is 57.2 Å². The van der Waals surface area contributed by atoms with Gasteiger partial charge >= 0.3 is 0 Å². The van der Waals surface area contributed by atoms with Crippen LogP contribution in [-0.4, -0.2) is 23.4 Å². The second-order valence-electron chi connectivity index (χ2n) is 9.22. The van der Waals surface area contributed by atoms with Gasteiger partial charge in [0.1, 0.15) is 0 Å². The van der Waals surface area contributed by atoms with Crippen molar-refractivity contribution in [3.05, 3.63) is 83.9 Å². The van der Waals surface area contributed by atoms with E-state index in [1.54, 1.807) is 60.7 Å². The predicted molar refractivity (Wildman–Crippen MR) is 132 cm³/mol. The van der Waals surface area contributed by atoms with E-state index < -0.39 is 20.0 Å². The molecule has 0 amide bonds. The van der Waals surface area contributed by atoms with Crippen LogP contribution in [0, 0.1) is 0 Å². The standard InChI is InChI=1S/C25H28N2O4S2/c1-25(2,3)20-12-15-22(16-13-20)32(28,29)26-21-14-11-19-8-7-17-27(24(19)18-21)33(30,31)23-9-5-4-6-10-23/h4-6,9-16,18,26H,7-8,17H2,1-3H3. The molecule has 1 heterocycles. The van der Waals surface area contributed by atoms with Crippen molar-refractivity contribution in [2.75, 3.05) is 15.6 Å². The molecule has 3 aromatic rings. The molecule has 4 rings (SSSR count). The first kappa shape index (κ1) is 23.3.